The van der Waals surface area contributed by atoms with E-state index in [1.807, 2.05) is 0 Å². The summed E-state index contributed by atoms with van der Waals surface area (Å²) in [5.74, 6) is -0.0401. The Hall–Kier alpha value is -1.41. The van der Waals surface area contributed by atoms with Crippen LogP contribution in [0, 0.1) is 5.41 Å². The summed E-state index contributed by atoms with van der Waals surface area (Å²) in [4.78, 5) is 0. The predicted octanol–water partition coefficient (Wildman–Crippen LogP) is -0.644. The van der Waals surface area contributed by atoms with E-state index in [-0.39, 0.29) is 23.8 Å². The van der Waals surface area contributed by atoms with Crippen molar-refractivity contribution >= 4 is 15.9 Å². The Labute approximate surface area is 87.8 Å². The molecule has 0 saturated carbocycles. The van der Waals surface area contributed by atoms with Gasteiger partial charge in [-0.2, -0.15) is 9.40 Å². The van der Waals surface area contributed by atoms with E-state index < -0.39 is 10.0 Å². The van der Waals surface area contributed by atoms with Crippen LogP contribution in [0.3, 0.4) is 0 Å². The Kier molecular flexibility index (Phi) is 3.43. The average Bonchev–Trinajstić information content (AvgIpc) is 2.66. The van der Waals surface area contributed by atoms with Crippen molar-refractivity contribution in [3.63, 3.8) is 0 Å². The third-order valence-corrected chi connectivity index (χ3v) is 3.65. The Morgan fingerprint density at radius 2 is 2.40 bits per heavy atom. The maximum atomic E-state index is 11.7. The van der Waals surface area contributed by atoms with E-state index in [1.165, 1.54) is 19.3 Å². The second kappa shape index (κ2) is 4.41. The molecule has 0 amide bonds. The molecule has 0 aliphatic carbocycles. The van der Waals surface area contributed by atoms with Gasteiger partial charge in [0.1, 0.15) is 0 Å². The van der Waals surface area contributed by atoms with Crippen LogP contribution in [0.5, 0.6) is 0 Å². The highest BCUT2D eigenvalue weighted by molar-refractivity contribution is 7.89. The van der Waals surface area contributed by atoms with Crippen LogP contribution in [0.1, 0.15) is 6.42 Å². The van der Waals surface area contributed by atoms with Gasteiger partial charge in [-0.3, -0.25) is 10.5 Å². The molecule has 84 valence electrons. The zero-order valence-electron chi connectivity index (χ0n) is 8.27. The van der Waals surface area contributed by atoms with Crippen LogP contribution in [0.4, 0.5) is 0 Å². The number of hydrogen-bond acceptors (Lipinski definition) is 4. The summed E-state index contributed by atoms with van der Waals surface area (Å²) in [6.07, 6.45) is 1.58. The summed E-state index contributed by atoms with van der Waals surface area (Å²) in [7, 11) is -2.10. The maximum absolute atomic E-state index is 11.7. The SMILES string of the molecule is CN(CCC(=N)N)S(=O)(=O)c1ccn[nH]1. The van der Waals surface area contributed by atoms with E-state index in [0.29, 0.717) is 0 Å². The zero-order valence-corrected chi connectivity index (χ0v) is 9.08. The number of aromatic nitrogens is 2. The molecule has 0 aliphatic rings. The van der Waals surface area contributed by atoms with Crippen molar-refractivity contribution in [1.29, 1.82) is 5.41 Å². The lowest BCUT2D eigenvalue weighted by molar-refractivity contribution is 0.475. The van der Waals surface area contributed by atoms with Crippen molar-refractivity contribution < 1.29 is 8.42 Å². The van der Waals surface area contributed by atoms with Crippen LogP contribution in [0.15, 0.2) is 17.3 Å². The van der Waals surface area contributed by atoms with Gasteiger partial charge in [0.05, 0.1) is 12.0 Å². The maximum Gasteiger partial charge on any atom is 0.259 e. The van der Waals surface area contributed by atoms with E-state index in [4.69, 9.17) is 11.1 Å². The van der Waals surface area contributed by atoms with Crippen LogP contribution in [-0.4, -0.2) is 42.3 Å². The minimum atomic E-state index is -3.53. The highest BCUT2D eigenvalue weighted by Gasteiger charge is 2.21. The molecule has 8 heteroatoms. The molecule has 0 unspecified atom stereocenters. The molecule has 0 fully saturated rings. The number of amidine groups is 1. The number of H-pyrrole nitrogens is 1. The van der Waals surface area contributed by atoms with Crippen molar-refractivity contribution in [1.82, 2.24) is 14.5 Å². The fraction of sp³-hybridized carbons (Fsp3) is 0.429. The number of nitrogens with one attached hydrogen (secondary N) is 2. The fourth-order valence-electron chi connectivity index (χ4n) is 0.953. The van der Waals surface area contributed by atoms with Gasteiger partial charge in [0.25, 0.3) is 10.0 Å². The molecule has 1 aromatic rings. The lowest BCUT2D eigenvalue weighted by Crippen LogP contribution is -2.30. The summed E-state index contributed by atoms with van der Waals surface area (Å²) >= 11 is 0. The monoisotopic (exact) mass is 231 g/mol. The van der Waals surface area contributed by atoms with Gasteiger partial charge in [-0.05, 0) is 6.07 Å². The van der Waals surface area contributed by atoms with Crippen LogP contribution in [0.25, 0.3) is 0 Å². The third-order valence-electron chi connectivity index (χ3n) is 1.86. The minimum absolute atomic E-state index is 0.0357. The Bertz CT molecular complexity index is 424. The van der Waals surface area contributed by atoms with Gasteiger partial charge in [0.15, 0.2) is 5.03 Å². The molecule has 15 heavy (non-hydrogen) atoms. The van der Waals surface area contributed by atoms with E-state index in [9.17, 15) is 8.42 Å². The molecule has 0 aromatic carbocycles. The Morgan fingerprint density at radius 1 is 1.73 bits per heavy atom. The third kappa shape index (κ3) is 2.77. The summed E-state index contributed by atoms with van der Waals surface area (Å²) in [5.41, 5.74) is 5.14. The molecule has 7 nitrogen and oxygen atoms in total. The van der Waals surface area contributed by atoms with E-state index >= 15 is 0 Å². The average molecular weight is 231 g/mol. The second-order valence-electron chi connectivity index (χ2n) is 3.02. The van der Waals surface area contributed by atoms with Crippen LogP contribution in [0.2, 0.25) is 0 Å². The topological polar surface area (TPSA) is 116 Å². The summed E-state index contributed by atoms with van der Waals surface area (Å²) in [6, 6.07) is 1.37. The first-order valence-corrected chi connectivity index (χ1v) is 5.67. The van der Waals surface area contributed by atoms with Crippen LogP contribution in [-0.2, 0) is 10.0 Å². The molecule has 1 heterocycles. The standard InChI is InChI=1S/C7H13N5O2S/c1-12(5-3-6(8)9)15(13,14)7-2-4-10-11-7/h2,4H,3,5H2,1H3,(H3,8,9)(H,10,11). The van der Waals surface area contributed by atoms with Gasteiger partial charge in [0.2, 0.25) is 0 Å². The van der Waals surface area contributed by atoms with E-state index in [1.54, 1.807) is 0 Å². The highest BCUT2D eigenvalue weighted by Crippen LogP contribution is 2.09. The lowest BCUT2D eigenvalue weighted by Gasteiger charge is -2.14. The number of nitrogens with zero attached hydrogens (tertiary/aromatic N) is 2. The van der Waals surface area contributed by atoms with Crippen molar-refractivity contribution in [2.45, 2.75) is 11.4 Å². The molecule has 0 bridgehead atoms. The Morgan fingerprint density at radius 3 is 2.87 bits per heavy atom. The van der Waals surface area contributed by atoms with Crippen molar-refractivity contribution in [3.8, 4) is 0 Å². The number of nitrogens with two attached hydrogens (primary N) is 1. The molecule has 0 radical (unpaired) electrons. The first-order valence-electron chi connectivity index (χ1n) is 4.23. The summed E-state index contributed by atoms with van der Waals surface area (Å²) in [5, 5.41) is 13.0. The van der Waals surface area contributed by atoms with Gasteiger partial charge in [-0.15, -0.1) is 0 Å². The molecule has 0 spiro atoms. The molecule has 4 N–H and O–H groups in total. The highest BCUT2D eigenvalue weighted by atomic mass is 32.2. The molecule has 0 saturated heterocycles. The number of aromatic amines is 1. The smallest absolute Gasteiger partial charge is 0.259 e. The van der Waals surface area contributed by atoms with E-state index in [2.05, 4.69) is 10.2 Å². The van der Waals surface area contributed by atoms with Gasteiger partial charge < -0.3 is 5.73 Å². The predicted molar refractivity (Wildman–Crippen MR) is 54.9 cm³/mol. The van der Waals surface area contributed by atoms with Gasteiger partial charge >= 0.3 is 0 Å². The fourth-order valence-corrected chi connectivity index (χ4v) is 2.02. The molecular weight excluding hydrogens is 218 g/mol. The Balaban J connectivity index is 2.75. The molecule has 0 aliphatic heterocycles. The lowest BCUT2D eigenvalue weighted by atomic mass is 10.4. The van der Waals surface area contributed by atoms with Crippen molar-refractivity contribution in [3.05, 3.63) is 12.3 Å². The molecule has 1 aromatic heterocycles. The van der Waals surface area contributed by atoms with Crippen molar-refractivity contribution in [2.75, 3.05) is 13.6 Å². The first kappa shape index (κ1) is 11.7. The first-order chi connectivity index (χ1) is 6.94. The van der Waals surface area contributed by atoms with Gasteiger partial charge in [-0.1, -0.05) is 0 Å². The largest absolute Gasteiger partial charge is 0.388 e. The zero-order chi connectivity index (χ0) is 11.5. The molecular formula is C7H13N5O2S. The second-order valence-corrected chi connectivity index (χ2v) is 5.04. The van der Waals surface area contributed by atoms with E-state index in [0.717, 1.165) is 4.31 Å². The molecule has 1 rings (SSSR count). The van der Waals surface area contributed by atoms with Gasteiger partial charge in [-0.25, -0.2) is 8.42 Å². The molecule has 0 atom stereocenters. The normalized spacial score (nSPS) is 11.9. The number of hydrogen-bond donors (Lipinski definition) is 3. The summed E-state index contributed by atoms with van der Waals surface area (Å²) < 4.78 is 24.6. The quantitative estimate of drug-likeness (QED) is 0.461. The van der Waals surface area contributed by atoms with Crippen molar-refractivity contribution in [2.24, 2.45) is 5.73 Å². The van der Waals surface area contributed by atoms with Crippen LogP contribution < -0.4 is 5.73 Å². The van der Waals surface area contributed by atoms with Crippen LogP contribution >= 0.6 is 0 Å². The van der Waals surface area contributed by atoms with Gasteiger partial charge in [0, 0.05) is 20.0 Å². The number of rotatable bonds is 5. The summed E-state index contributed by atoms with van der Waals surface area (Å²) in [6.45, 7) is 0.177. The number of sulfonamides is 1. The minimum Gasteiger partial charge on any atom is -0.388 e.